The molecule has 0 heterocycles. The van der Waals surface area contributed by atoms with Crippen molar-refractivity contribution in [2.24, 2.45) is 16.2 Å². The zero-order valence-corrected chi connectivity index (χ0v) is 19.1. The number of thiol groups is 1. The number of hydrogen-bond donors (Lipinski definition) is 3. The normalized spacial score (nSPS) is 14.9. The molecule has 0 aliphatic heterocycles. The van der Waals surface area contributed by atoms with Crippen LogP contribution in [0.5, 0.6) is 0 Å². The summed E-state index contributed by atoms with van der Waals surface area (Å²) in [5.74, 6) is -0.686. The number of amides is 2. The van der Waals surface area contributed by atoms with Crippen molar-refractivity contribution < 1.29 is 19.2 Å². The van der Waals surface area contributed by atoms with Gasteiger partial charge >= 0.3 is 0 Å². The van der Waals surface area contributed by atoms with Gasteiger partial charge < -0.3 is 10.6 Å². The first-order chi connectivity index (χ1) is 11.9. The summed E-state index contributed by atoms with van der Waals surface area (Å²) < 4.78 is -1.09. The molecule has 0 bridgehead atoms. The summed E-state index contributed by atoms with van der Waals surface area (Å²) in [6.07, 6.45) is 0.190. The van der Waals surface area contributed by atoms with E-state index < -0.39 is 21.0 Å². The summed E-state index contributed by atoms with van der Waals surface area (Å²) in [6, 6.07) is 0. The van der Waals surface area contributed by atoms with Gasteiger partial charge in [-0.1, -0.05) is 41.5 Å². The minimum atomic E-state index is -1.09. The maximum atomic E-state index is 12.7. The van der Waals surface area contributed by atoms with E-state index in [0.29, 0.717) is 6.54 Å². The Morgan fingerprint density at radius 2 is 1.30 bits per heavy atom. The van der Waals surface area contributed by atoms with Gasteiger partial charge in [0, 0.05) is 17.4 Å². The fourth-order valence-corrected chi connectivity index (χ4v) is 3.13. The van der Waals surface area contributed by atoms with E-state index in [0.717, 1.165) is 0 Å². The number of nitrogens with one attached hydrogen (secondary N) is 2. The second-order valence-corrected chi connectivity index (χ2v) is 10.5. The van der Waals surface area contributed by atoms with Crippen molar-refractivity contribution in [1.82, 2.24) is 10.6 Å². The van der Waals surface area contributed by atoms with E-state index in [1.165, 1.54) is 6.92 Å². The number of ketones is 2. The quantitative estimate of drug-likeness (QED) is 0.491. The molecular weight excluding hydrogens is 364 g/mol. The molecule has 0 fully saturated rings. The average Bonchev–Trinajstić information content (AvgIpc) is 2.48. The third-order valence-electron chi connectivity index (χ3n) is 5.65. The Balaban J connectivity index is 5.06. The van der Waals surface area contributed by atoms with E-state index >= 15 is 0 Å². The van der Waals surface area contributed by atoms with Crippen LogP contribution in [0, 0.1) is 16.2 Å². The summed E-state index contributed by atoms with van der Waals surface area (Å²) in [5, 5.41) is 5.46. The minimum Gasteiger partial charge on any atom is -0.354 e. The molecule has 27 heavy (non-hydrogen) atoms. The van der Waals surface area contributed by atoms with Crippen LogP contribution in [0.15, 0.2) is 0 Å². The van der Waals surface area contributed by atoms with Crippen LogP contribution in [-0.4, -0.2) is 41.2 Å². The highest BCUT2D eigenvalue weighted by molar-refractivity contribution is 7.82. The molecule has 0 aliphatic rings. The van der Waals surface area contributed by atoms with Crippen molar-refractivity contribution in [3.8, 4) is 0 Å². The predicted octanol–water partition coefficient (Wildman–Crippen LogP) is 2.55. The van der Waals surface area contributed by atoms with Gasteiger partial charge in [0.15, 0.2) is 0 Å². The lowest BCUT2D eigenvalue weighted by Gasteiger charge is -2.40. The Kier molecular flexibility index (Phi) is 8.31. The Bertz CT molecular complexity index is 607. The zero-order chi connectivity index (χ0) is 21.8. The molecule has 1 unspecified atom stereocenters. The fraction of sp³-hybridized carbons (Fsp3) is 0.800. The summed E-state index contributed by atoms with van der Waals surface area (Å²) in [7, 11) is 0. The first-order valence-electron chi connectivity index (χ1n) is 9.16. The predicted molar refractivity (Wildman–Crippen MR) is 111 cm³/mol. The second kappa shape index (κ2) is 8.76. The largest absolute Gasteiger partial charge is 0.354 e. The van der Waals surface area contributed by atoms with Gasteiger partial charge in [-0.05, 0) is 32.6 Å². The number of hydrogen-bond acceptors (Lipinski definition) is 5. The Morgan fingerprint density at radius 3 is 1.70 bits per heavy atom. The van der Waals surface area contributed by atoms with Crippen LogP contribution < -0.4 is 10.6 Å². The van der Waals surface area contributed by atoms with Crippen molar-refractivity contribution in [2.75, 3.05) is 13.1 Å². The van der Waals surface area contributed by atoms with Gasteiger partial charge in [0.2, 0.25) is 11.8 Å². The summed E-state index contributed by atoms with van der Waals surface area (Å²) >= 11 is 4.50. The van der Waals surface area contributed by atoms with Gasteiger partial charge in [-0.3, -0.25) is 19.2 Å². The lowest BCUT2D eigenvalue weighted by Crippen LogP contribution is -2.52. The lowest BCUT2D eigenvalue weighted by molar-refractivity contribution is -0.134. The van der Waals surface area contributed by atoms with Gasteiger partial charge in [-0.2, -0.15) is 12.6 Å². The molecule has 0 aromatic carbocycles. The van der Waals surface area contributed by atoms with Gasteiger partial charge in [0.05, 0.1) is 11.3 Å². The van der Waals surface area contributed by atoms with Crippen LogP contribution in [0.25, 0.3) is 0 Å². The van der Waals surface area contributed by atoms with E-state index in [4.69, 9.17) is 0 Å². The molecule has 0 rings (SSSR count). The molecule has 0 aromatic rings. The average molecular weight is 401 g/mol. The van der Waals surface area contributed by atoms with Crippen molar-refractivity contribution in [2.45, 2.75) is 73.5 Å². The van der Waals surface area contributed by atoms with Crippen molar-refractivity contribution in [3.63, 3.8) is 0 Å². The maximum absolute atomic E-state index is 12.7. The fourth-order valence-electron chi connectivity index (χ4n) is 2.65. The zero-order valence-electron chi connectivity index (χ0n) is 18.2. The molecule has 6 nitrogen and oxygen atoms in total. The molecule has 2 amide bonds. The number of carbonyl (C=O) groups excluding carboxylic acids is 4. The first-order valence-corrected chi connectivity index (χ1v) is 9.61. The maximum Gasteiger partial charge on any atom is 0.235 e. The van der Waals surface area contributed by atoms with E-state index in [-0.39, 0.29) is 36.3 Å². The molecule has 0 saturated heterocycles. The topological polar surface area (TPSA) is 92.3 Å². The molecule has 0 spiro atoms. The van der Waals surface area contributed by atoms with Crippen molar-refractivity contribution >= 4 is 36.0 Å². The van der Waals surface area contributed by atoms with E-state index in [2.05, 4.69) is 23.3 Å². The summed E-state index contributed by atoms with van der Waals surface area (Å²) in [5.41, 5.74) is -1.93. The molecule has 0 radical (unpaired) electrons. The lowest BCUT2D eigenvalue weighted by atomic mass is 9.65. The third kappa shape index (κ3) is 6.94. The van der Waals surface area contributed by atoms with Crippen LogP contribution in [0.3, 0.4) is 0 Å². The number of rotatable bonds is 10. The standard InChI is InChI=1S/C20H36N2O4S/c1-13(23)10-21-15(25)17(3,4)11-20(9,27)16(26)22-12-18(5,6)19(7,8)14(2)24/h27H,10-12H2,1-9H3,(H,21,25)(H,22,26). The van der Waals surface area contributed by atoms with Crippen LogP contribution in [0.4, 0.5) is 0 Å². The molecular formula is C20H36N2O4S. The van der Waals surface area contributed by atoms with E-state index in [1.807, 2.05) is 27.7 Å². The van der Waals surface area contributed by atoms with E-state index in [1.54, 1.807) is 27.7 Å². The van der Waals surface area contributed by atoms with Gasteiger partial charge in [0.1, 0.15) is 11.6 Å². The Hall–Kier alpha value is -1.37. The first kappa shape index (κ1) is 25.6. The molecule has 2 N–H and O–H groups in total. The third-order valence-corrected chi connectivity index (χ3v) is 6.01. The number of carbonyl (C=O) groups is 4. The Morgan fingerprint density at radius 1 is 0.815 bits per heavy atom. The van der Waals surface area contributed by atoms with Crippen LogP contribution in [-0.2, 0) is 19.2 Å². The summed E-state index contributed by atoms with van der Waals surface area (Å²) in [4.78, 5) is 48.0. The molecule has 156 valence electrons. The highest BCUT2D eigenvalue weighted by atomic mass is 32.1. The van der Waals surface area contributed by atoms with Crippen molar-refractivity contribution in [1.29, 1.82) is 0 Å². The van der Waals surface area contributed by atoms with Crippen LogP contribution in [0.1, 0.15) is 68.7 Å². The van der Waals surface area contributed by atoms with Crippen molar-refractivity contribution in [3.05, 3.63) is 0 Å². The molecule has 1 atom stereocenters. The van der Waals surface area contributed by atoms with Gasteiger partial charge in [-0.25, -0.2) is 0 Å². The second-order valence-electron chi connectivity index (χ2n) is 9.47. The minimum absolute atomic E-state index is 0.0357. The SMILES string of the molecule is CC(=O)CNC(=O)C(C)(C)CC(C)(S)C(=O)NCC(C)(C)C(C)(C)C(C)=O. The molecule has 0 saturated carbocycles. The highest BCUT2D eigenvalue weighted by Gasteiger charge is 2.43. The van der Waals surface area contributed by atoms with Gasteiger partial charge in [-0.15, -0.1) is 0 Å². The Labute approximate surface area is 169 Å². The summed E-state index contributed by atoms with van der Waals surface area (Å²) in [6.45, 7) is 15.9. The number of Topliss-reactive ketones (excluding diaryl/α,β-unsaturated/α-hetero) is 2. The monoisotopic (exact) mass is 400 g/mol. The highest BCUT2D eigenvalue weighted by Crippen LogP contribution is 2.39. The molecule has 0 aromatic heterocycles. The van der Waals surface area contributed by atoms with Crippen LogP contribution >= 0.6 is 12.6 Å². The smallest absolute Gasteiger partial charge is 0.235 e. The molecule has 7 heteroatoms. The van der Waals surface area contributed by atoms with E-state index in [9.17, 15) is 19.2 Å². The van der Waals surface area contributed by atoms with Gasteiger partial charge in [0.25, 0.3) is 0 Å². The van der Waals surface area contributed by atoms with Crippen LogP contribution in [0.2, 0.25) is 0 Å². The molecule has 0 aliphatic carbocycles.